The van der Waals surface area contributed by atoms with E-state index in [4.69, 9.17) is 0 Å². The summed E-state index contributed by atoms with van der Waals surface area (Å²) in [6, 6.07) is 8.73. The number of halogens is 2. The normalized spacial score (nSPS) is 15.2. The minimum absolute atomic E-state index is 0.0375. The van der Waals surface area contributed by atoms with Crippen molar-refractivity contribution in [3.05, 3.63) is 69.5 Å². The summed E-state index contributed by atoms with van der Waals surface area (Å²) in [5, 5.41) is 6.96. The third kappa shape index (κ3) is 4.05. The molecule has 1 aromatic carbocycles. The third-order valence-corrected chi connectivity index (χ3v) is 6.56. The van der Waals surface area contributed by atoms with E-state index in [9.17, 15) is 13.6 Å². The summed E-state index contributed by atoms with van der Waals surface area (Å²) in [5.41, 5.74) is 0.991. The molecule has 8 nitrogen and oxygen atoms in total. The fourth-order valence-electron chi connectivity index (χ4n) is 4.79. The molecule has 0 radical (unpaired) electrons. The second kappa shape index (κ2) is 8.48. The van der Waals surface area contributed by atoms with E-state index in [1.54, 1.807) is 6.92 Å². The van der Waals surface area contributed by atoms with Crippen LogP contribution >= 0.6 is 0 Å². The van der Waals surface area contributed by atoms with Crippen LogP contribution in [0.15, 0.2) is 41.3 Å². The van der Waals surface area contributed by atoms with Crippen molar-refractivity contribution in [2.24, 2.45) is 0 Å². The van der Waals surface area contributed by atoms with Gasteiger partial charge in [0.25, 0.3) is 5.56 Å². The van der Waals surface area contributed by atoms with Crippen LogP contribution in [0.25, 0.3) is 16.9 Å². The molecule has 2 N–H and O–H groups in total. The van der Waals surface area contributed by atoms with Gasteiger partial charge >= 0.3 is 0 Å². The number of pyridine rings is 1. The summed E-state index contributed by atoms with van der Waals surface area (Å²) in [6.45, 7) is 10.7. The molecule has 0 spiro atoms. The van der Waals surface area contributed by atoms with Crippen molar-refractivity contribution in [2.75, 3.05) is 11.9 Å². The Morgan fingerprint density at radius 1 is 1.19 bits per heavy atom. The molecule has 3 aromatic heterocycles. The maximum absolute atomic E-state index is 14.6. The molecule has 0 atom stereocenters. The van der Waals surface area contributed by atoms with Crippen LogP contribution in [0.3, 0.4) is 0 Å². The van der Waals surface area contributed by atoms with Crippen LogP contribution in [0.2, 0.25) is 0 Å². The highest BCUT2D eigenvalue weighted by atomic mass is 19.1. The first-order valence-corrected chi connectivity index (χ1v) is 12.0. The molecule has 10 heteroatoms. The zero-order chi connectivity index (χ0) is 25.8. The second-order valence-corrected chi connectivity index (χ2v) is 10.2. The molecule has 5 rings (SSSR count). The Bertz CT molecular complexity index is 1530. The largest absolute Gasteiger partial charge is 0.324 e. The summed E-state index contributed by atoms with van der Waals surface area (Å²) in [4.78, 5) is 26.2. The van der Waals surface area contributed by atoms with Crippen LogP contribution in [0.5, 0.6) is 0 Å². The predicted molar refractivity (Wildman–Crippen MR) is 135 cm³/mol. The van der Waals surface area contributed by atoms with Crippen LogP contribution in [0, 0.1) is 5.82 Å². The monoisotopic (exact) mass is 493 g/mol. The van der Waals surface area contributed by atoms with Crippen molar-refractivity contribution in [3.63, 3.8) is 0 Å². The van der Waals surface area contributed by atoms with Crippen molar-refractivity contribution in [1.82, 2.24) is 29.6 Å². The summed E-state index contributed by atoms with van der Waals surface area (Å²) in [5.74, 6) is -0.270. The first kappa shape index (κ1) is 24.1. The minimum atomic E-state index is -2.00. The molecule has 188 valence electrons. The Hall–Kier alpha value is -3.66. The van der Waals surface area contributed by atoms with Crippen molar-refractivity contribution < 1.29 is 8.78 Å². The van der Waals surface area contributed by atoms with E-state index in [0.29, 0.717) is 18.1 Å². The molecule has 0 bridgehead atoms. The molecular weight excluding hydrogens is 464 g/mol. The molecule has 0 unspecified atom stereocenters. The van der Waals surface area contributed by atoms with Gasteiger partial charge in [0.05, 0.1) is 0 Å². The summed E-state index contributed by atoms with van der Waals surface area (Å²) >= 11 is 0. The average Bonchev–Trinajstić information content (AvgIpc) is 3.09. The number of nitrogens with one attached hydrogen (secondary N) is 2. The lowest BCUT2D eigenvalue weighted by atomic mass is 9.79. The molecule has 0 fully saturated rings. The molecule has 4 heterocycles. The van der Waals surface area contributed by atoms with Gasteiger partial charge in [0.1, 0.15) is 22.6 Å². The maximum atomic E-state index is 14.6. The van der Waals surface area contributed by atoms with Crippen LogP contribution in [0.4, 0.5) is 20.4 Å². The van der Waals surface area contributed by atoms with Crippen molar-refractivity contribution in [3.8, 4) is 5.82 Å². The topological polar surface area (TPSA) is 89.7 Å². The molecule has 1 aliphatic rings. The molecule has 0 saturated carbocycles. The van der Waals surface area contributed by atoms with Crippen molar-refractivity contribution in [1.29, 1.82) is 0 Å². The highest BCUT2D eigenvalue weighted by Crippen LogP contribution is 2.32. The lowest BCUT2D eigenvalue weighted by molar-refractivity contribution is 0.205. The number of anilines is 2. The van der Waals surface area contributed by atoms with Gasteiger partial charge in [0.2, 0.25) is 5.95 Å². The average molecular weight is 494 g/mol. The first-order valence-electron chi connectivity index (χ1n) is 12.0. The van der Waals surface area contributed by atoms with Gasteiger partial charge in [-0.3, -0.25) is 4.79 Å². The zero-order valence-electron chi connectivity index (χ0n) is 21.0. The lowest BCUT2D eigenvalue weighted by Gasteiger charge is -2.33. The number of fused-ring (bicyclic) bond motifs is 2. The summed E-state index contributed by atoms with van der Waals surface area (Å²) in [6.07, 6.45) is 1.46. The van der Waals surface area contributed by atoms with Crippen molar-refractivity contribution >= 4 is 22.7 Å². The summed E-state index contributed by atoms with van der Waals surface area (Å²) < 4.78 is 31.9. The Morgan fingerprint density at radius 2 is 1.97 bits per heavy atom. The Balaban J connectivity index is 1.60. The highest BCUT2D eigenvalue weighted by Gasteiger charge is 2.28. The highest BCUT2D eigenvalue weighted by molar-refractivity contribution is 5.77. The van der Waals surface area contributed by atoms with E-state index in [0.717, 1.165) is 24.8 Å². The van der Waals surface area contributed by atoms with E-state index in [2.05, 4.69) is 51.6 Å². The fraction of sp³-hybridized carbons (Fsp3) is 0.385. The van der Waals surface area contributed by atoms with Gasteiger partial charge in [-0.15, -0.1) is 0 Å². The molecule has 0 saturated heterocycles. The Morgan fingerprint density at radius 3 is 2.69 bits per heavy atom. The predicted octanol–water partition coefficient (Wildman–Crippen LogP) is 4.47. The Kier molecular flexibility index (Phi) is 5.66. The van der Waals surface area contributed by atoms with Gasteiger partial charge in [-0.2, -0.15) is 4.98 Å². The second-order valence-electron chi connectivity index (χ2n) is 10.2. The van der Waals surface area contributed by atoms with Crippen LogP contribution < -0.4 is 16.2 Å². The maximum Gasteiger partial charge on any atom is 0.278 e. The van der Waals surface area contributed by atoms with E-state index in [1.807, 2.05) is 6.07 Å². The van der Waals surface area contributed by atoms with Crippen LogP contribution in [-0.2, 0) is 24.2 Å². The standard InChI is InChI=1S/C26H29F2N7O/c1-6-34-23(36)17-13-30-24(31-16-7-8-18-15(11-16)12-29-14-25(18,2)3)33-22(17)35(34)20-10-9-19(27)21(32-20)26(4,5)28/h7-11,13,29H,6,12,14H2,1-5H3,(H,30,31,33). The number of hydrogen-bond donors (Lipinski definition) is 2. The van der Waals surface area contributed by atoms with Gasteiger partial charge in [0.15, 0.2) is 11.5 Å². The van der Waals surface area contributed by atoms with E-state index in [1.165, 1.54) is 46.6 Å². The molecule has 0 aliphatic carbocycles. The molecule has 36 heavy (non-hydrogen) atoms. The van der Waals surface area contributed by atoms with Gasteiger partial charge in [0, 0.05) is 36.9 Å². The molecular formula is C26H29F2N7O. The van der Waals surface area contributed by atoms with Crippen LogP contribution in [0.1, 0.15) is 51.4 Å². The lowest BCUT2D eigenvalue weighted by Crippen LogP contribution is -2.38. The number of rotatable bonds is 5. The van der Waals surface area contributed by atoms with E-state index >= 15 is 0 Å². The van der Waals surface area contributed by atoms with Gasteiger partial charge in [-0.05, 0) is 56.2 Å². The first-order chi connectivity index (χ1) is 17.0. The van der Waals surface area contributed by atoms with E-state index < -0.39 is 11.5 Å². The zero-order valence-corrected chi connectivity index (χ0v) is 21.0. The van der Waals surface area contributed by atoms with E-state index in [-0.39, 0.29) is 27.9 Å². The van der Waals surface area contributed by atoms with Crippen LogP contribution in [-0.4, -0.2) is 30.9 Å². The number of benzene rings is 1. The quantitative estimate of drug-likeness (QED) is 0.427. The smallest absolute Gasteiger partial charge is 0.278 e. The minimum Gasteiger partial charge on any atom is -0.324 e. The Labute approximate surface area is 207 Å². The number of alkyl halides is 1. The third-order valence-electron chi connectivity index (χ3n) is 6.56. The molecule has 4 aromatic rings. The van der Waals surface area contributed by atoms with Gasteiger partial charge < -0.3 is 10.6 Å². The molecule has 0 amide bonds. The number of hydrogen-bond acceptors (Lipinski definition) is 6. The summed E-state index contributed by atoms with van der Waals surface area (Å²) in [7, 11) is 0. The SMILES string of the molecule is CCn1c(=O)c2cnc(Nc3ccc4c(c3)CNCC4(C)C)nc2n1-c1ccc(F)c(C(C)(C)F)n1. The van der Waals surface area contributed by atoms with Gasteiger partial charge in [-0.1, -0.05) is 19.9 Å². The number of aromatic nitrogens is 5. The number of nitrogens with zero attached hydrogens (tertiary/aromatic N) is 5. The van der Waals surface area contributed by atoms with Gasteiger partial charge in [-0.25, -0.2) is 28.1 Å². The fourth-order valence-corrected chi connectivity index (χ4v) is 4.79. The molecule has 1 aliphatic heterocycles. The van der Waals surface area contributed by atoms with Crippen molar-refractivity contribution in [2.45, 2.75) is 58.8 Å².